The van der Waals surface area contributed by atoms with E-state index in [9.17, 15) is 5.11 Å². The predicted octanol–water partition coefficient (Wildman–Crippen LogP) is 2.62. The van der Waals surface area contributed by atoms with E-state index in [4.69, 9.17) is 14.0 Å². The SMILES string of the molecule is COc1cc(C(C)O)ccc1OCc1cc(C)on1. The van der Waals surface area contributed by atoms with E-state index in [1.165, 1.54) is 0 Å². The highest BCUT2D eigenvalue weighted by Gasteiger charge is 2.10. The highest BCUT2D eigenvalue weighted by atomic mass is 16.5. The van der Waals surface area contributed by atoms with Crippen LogP contribution in [0.2, 0.25) is 0 Å². The van der Waals surface area contributed by atoms with E-state index in [0.29, 0.717) is 18.1 Å². The van der Waals surface area contributed by atoms with Crippen LogP contribution in [0.4, 0.5) is 0 Å². The number of hydrogen-bond donors (Lipinski definition) is 1. The molecule has 0 aliphatic rings. The second kappa shape index (κ2) is 5.75. The molecule has 1 atom stereocenters. The molecule has 0 amide bonds. The van der Waals surface area contributed by atoms with Crippen LogP contribution in [0.25, 0.3) is 0 Å². The molecule has 1 heterocycles. The fraction of sp³-hybridized carbons (Fsp3) is 0.357. The summed E-state index contributed by atoms with van der Waals surface area (Å²) in [5.74, 6) is 1.93. The van der Waals surface area contributed by atoms with Crippen LogP contribution >= 0.6 is 0 Å². The van der Waals surface area contributed by atoms with E-state index in [1.54, 1.807) is 32.2 Å². The van der Waals surface area contributed by atoms with E-state index in [-0.39, 0.29) is 0 Å². The largest absolute Gasteiger partial charge is 0.493 e. The molecule has 0 saturated heterocycles. The van der Waals surface area contributed by atoms with Gasteiger partial charge in [-0.25, -0.2) is 0 Å². The molecule has 1 aromatic heterocycles. The predicted molar refractivity (Wildman–Crippen MR) is 69.2 cm³/mol. The van der Waals surface area contributed by atoms with Crippen LogP contribution in [0.5, 0.6) is 11.5 Å². The minimum Gasteiger partial charge on any atom is -0.493 e. The highest BCUT2D eigenvalue weighted by Crippen LogP contribution is 2.30. The number of rotatable bonds is 5. The molecule has 5 heteroatoms. The third kappa shape index (κ3) is 3.26. The lowest BCUT2D eigenvalue weighted by Crippen LogP contribution is -1.99. The molecule has 2 aromatic rings. The molecule has 2 rings (SSSR count). The van der Waals surface area contributed by atoms with E-state index in [2.05, 4.69) is 5.16 Å². The summed E-state index contributed by atoms with van der Waals surface area (Å²) in [6.07, 6.45) is -0.541. The molecule has 1 N–H and O–H groups in total. The van der Waals surface area contributed by atoms with Crippen LogP contribution in [0, 0.1) is 6.92 Å². The van der Waals surface area contributed by atoms with Crippen LogP contribution in [-0.4, -0.2) is 17.4 Å². The fourth-order valence-electron chi connectivity index (χ4n) is 1.70. The summed E-state index contributed by atoms with van der Waals surface area (Å²) in [6, 6.07) is 7.15. The standard InChI is InChI=1S/C14H17NO4/c1-9-6-12(15-19-9)8-18-13-5-4-11(10(2)16)7-14(13)17-3/h4-7,10,16H,8H2,1-3H3. The van der Waals surface area contributed by atoms with Crippen molar-refractivity contribution in [2.24, 2.45) is 0 Å². The number of benzene rings is 1. The number of hydrogen-bond acceptors (Lipinski definition) is 5. The minimum atomic E-state index is -0.541. The second-order valence-electron chi connectivity index (χ2n) is 4.30. The van der Waals surface area contributed by atoms with Crippen LogP contribution in [0.15, 0.2) is 28.8 Å². The Morgan fingerprint density at radius 3 is 2.68 bits per heavy atom. The smallest absolute Gasteiger partial charge is 0.161 e. The molecule has 0 aliphatic carbocycles. The van der Waals surface area contributed by atoms with Crippen molar-refractivity contribution in [3.05, 3.63) is 41.3 Å². The van der Waals surface area contributed by atoms with Gasteiger partial charge in [0.2, 0.25) is 0 Å². The Hall–Kier alpha value is -2.01. The van der Waals surface area contributed by atoms with E-state index in [1.807, 2.05) is 13.0 Å². The first-order valence-electron chi connectivity index (χ1n) is 6.01. The summed E-state index contributed by atoms with van der Waals surface area (Å²) in [5.41, 5.74) is 1.50. The topological polar surface area (TPSA) is 64.7 Å². The van der Waals surface area contributed by atoms with Crippen molar-refractivity contribution in [1.82, 2.24) is 5.16 Å². The number of aliphatic hydroxyl groups excluding tert-OH is 1. The number of ether oxygens (including phenoxy) is 2. The Kier molecular flexibility index (Phi) is 4.06. The summed E-state index contributed by atoms with van der Waals surface area (Å²) in [6.45, 7) is 3.84. The molecule has 1 aromatic carbocycles. The summed E-state index contributed by atoms with van der Waals surface area (Å²) >= 11 is 0. The minimum absolute atomic E-state index is 0.307. The maximum Gasteiger partial charge on any atom is 0.161 e. The first-order chi connectivity index (χ1) is 9.10. The molecule has 0 bridgehead atoms. The lowest BCUT2D eigenvalue weighted by atomic mass is 10.1. The van der Waals surface area contributed by atoms with Crippen molar-refractivity contribution in [2.45, 2.75) is 26.6 Å². The average Bonchev–Trinajstić information content (AvgIpc) is 2.81. The van der Waals surface area contributed by atoms with Crippen molar-refractivity contribution in [3.63, 3.8) is 0 Å². The van der Waals surface area contributed by atoms with Crippen molar-refractivity contribution in [2.75, 3.05) is 7.11 Å². The monoisotopic (exact) mass is 263 g/mol. The Bertz CT molecular complexity index is 548. The third-order valence-corrected chi connectivity index (χ3v) is 2.72. The zero-order valence-corrected chi connectivity index (χ0v) is 11.2. The Morgan fingerprint density at radius 2 is 2.11 bits per heavy atom. The summed E-state index contributed by atoms with van der Waals surface area (Å²) in [5, 5.41) is 13.4. The van der Waals surface area contributed by atoms with Gasteiger partial charge in [0, 0.05) is 6.07 Å². The molecule has 102 valence electrons. The molecule has 0 aliphatic heterocycles. The Morgan fingerprint density at radius 1 is 1.32 bits per heavy atom. The first-order valence-corrected chi connectivity index (χ1v) is 6.01. The maximum atomic E-state index is 9.53. The fourth-order valence-corrected chi connectivity index (χ4v) is 1.70. The summed E-state index contributed by atoms with van der Waals surface area (Å²) in [7, 11) is 1.56. The van der Waals surface area contributed by atoms with Crippen molar-refractivity contribution < 1.29 is 19.1 Å². The average molecular weight is 263 g/mol. The quantitative estimate of drug-likeness (QED) is 0.898. The van der Waals surface area contributed by atoms with Gasteiger partial charge >= 0.3 is 0 Å². The first kappa shape index (κ1) is 13.4. The van der Waals surface area contributed by atoms with Gasteiger partial charge in [0.25, 0.3) is 0 Å². The van der Waals surface area contributed by atoms with Gasteiger partial charge in [-0.05, 0) is 31.5 Å². The zero-order chi connectivity index (χ0) is 13.8. The number of aryl methyl sites for hydroxylation is 1. The van der Waals surface area contributed by atoms with Gasteiger partial charge in [0.1, 0.15) is 18.1 Å². The van der Waals surface area contributed by atoms with Gasteiger partial charge in [-0.1, -0.05) is 11.2 Å². The van der Waals surface area contributed by atoms with Gasteiger partial charge in [-0.2, -0.15) is 0 Å². The summed E-state index contributed by atoms with van der Waals surface area (Å²) < 4.78 is 15.8. The van der Waals surface area contributed by atoms with Gasteiger partial charge in [-0.15, -0.1) is 0 Å². The van der Waals surface area contributed by atoms with Gasteiger partial charge in [0.15, 0.2) is 11.5 Å². The maximum absolute atomic E-state index is 9.53. The third-order valence-electron chi connectivity index (χ3n) is 2.72. The highest BCUT2D eigenvalue weighted by molar-refractivity contribution is 5.43. The van der Waals surface area contributed by atoms with Gasteiger partial charge in [-0.3, -0.25) is 0 Å². The normalized spacial score (nSPS) is 12.2. The molecule has 5 nitrogen and oxygen atoms in total. The van der Waals surface area contributed by atoms with Crippen molar-refractivity contribution in [3.8, 4) is 11.5 Å². The van der Waals surface area contributed by atoms with Crippen LogP contribution < -0.4 is 9.47 Å². The molecule has 1 unspecified atom stereocenters. The number of nitrogens with zero attached hydrogens (tertiary/aromatic N) is 1. The van der Waals surface area contributed by atoms with Gasteiger partial charge < -0.3 is 19.1 Å². The molecule has 19 heavy (non-hydrogen) atoms. The number of methoxy groups -OCH3 is 1. The molecular weight excluding hydrogens is 246 g/mol. The Balaban J connectivity index is 2.11. The van der Waals surface area contributed by atoms with Gasteiger partial charge in [0.05, 0.1) is 13.2 Å². The molecule has 0 fully saturated rings. The molecular formula is C14H17NO4. The second-order valence-corrected chi connectivity index (χ2v) is 4.30. The van der Waals surface area contributed by atoms with Crippen LogP contribution in [-0.2, 0) is 6.61 Å². The van der Waals surface area contributed by atoms with Crippen LogP contribution in [0.1, 0.15) is 30.0 Å². The molecule has 0 saturated carbocycles. The number of aromatic nitrogens is 1. The number of aliphatic hydroxyl groups is 1. The van der Waals surface area contributed by atoms with Crippen LogP contribution in [0.3, 0.4) is 0 Å². The summed E-state index contributed by atoms with van der Waals surface area (Å²) in [4.78, 5) is 0. The van der Waals surface area contributed by atoms with Crippen molar-refractivity contribution >= 4 is 0 Å². The lowest BCUT2D eigenvalue weighted by Gasteiger charge is -2.12. The zero-order valence-electron chi connectivity index (χ0n) is 11.2. The Labute approximate surface area is 111 Å². The van der Waals surface area contributed by atoms with E-state index < -0.39 is 6.10 Å². The molecule has 0 spiro atoms. The van der Waals surface area contributed by atoms with Crippen molar-refractivity contribution in [1.29, 1.82) is 0 Å². The molecule has 0 radical (unpaired) electrons. The van der Waals surface area contributed by atoms with E-state index >= 15 is 0 Å². The lowest BCUT2D eigenvalue weighted by molar-refractivity contribution is 0.198. The van der Waals surface area contributed by atoms with E-state index in [0.717, 1.165) is 17.0 Å².